The van der Waals surface area contributed by atoms with Crippen molar-refractivity contribution in [3.05, 3.63) is 0 Å². The second kappa shape index (κ2) is 8.11. The highest BCUT2D eigenvalue weighted by molar-refractivity contribution is 5.81. The fourth-order valence-electron chi connectivity index (χ4n) is 3.26. The number of likely N-dealkylation sites (N-methyl/N-ethyl adjacent to an activating group) is 2. The minimum Gasteiger partial charge on any atom is -0.468 e. The van der Waals surface area contributed by atoms with Crippen molar-refractivity contribution >= 4 is 5.97 Å². The van der Waals surface area contributed by atoms with Crippen LogP contribution in [0.5, 0.6) is 0 Å². The first kappa shape index (κ1) is 18.4. The summed E-state index contributed by atoms with van der Waals surface area (Å²) in [5.74, 6) is 0.513. The fourth-order valence-corrected chi connectivity index (χ4v) is 3.26. The topological polar surface area (TPSA) is 44.8 Å². The van der Waals surface area contributed by atoms with Crippen molar-refractivity contribution in [1.82, 2.24) is 15.1 Å². The maximum absolute atomic E-state index is 12.1. The molecule has 0 aliphatic heterocycles. The van der Waals surface area contributed by atoms with Crippen LogP contribution in [0.3, 0.4) is 0 Å². The van der Waals surface area contributed by atoms with Gasteiger partial charge in [-0.1, -0.05) is 13.8 Å². The van der Waals surface area contributed by atoms with Gasteiger partial charge in [0.05, 0.1) is 7.11 Å². The Morgan fingerprint density at radius 1 is 1.38 bits per heavy atom. The van der Waals surface area contributed by atoms with Crippen molar-refractivity contribution < 1.29 is 9.53 Å². The van der Waals surface area contributed by atoms with Gasteiger partial charge >= 0.3 is 5.97 Å². The normalized spacial score (nSPS) is 26.0. The van der Waals surface area contributed by atoms with E-state index in [0.717, 1.165) is 38.9 Å². The Bertz CT molecular complexity index is 333. The smallest absolute Gasteiger partial charge is 0.326 e. The molecule has 1 N–H and O–H groups in total. The quantitative estimate of drug-likeness (QED) is 0.682. The van der Waals surface area contributed by atoms with Crippen LogP contribution in [0.15, 0.2) is 0 Å². The van der Waals surface area contributed by atoms with E-state index >= 15 is 0 Å². The highest BCUT2D eigenvalue weighted by Gasteiger charge is 2.46. The zero-order chi connectivity index (χ0) is 16.0. The molecule has 5 nitrogen and oxygen atoms in total. The molecule has 0 aromatic rings. The van der Waals surface area contributed by atoms with Gasteiger partial charge in [0, 0.05) is 25.7 Å². The van der Waals surface area contributed by atoms with Crippen LogP contribution in [0.2, 0.25) is 0 Å². The van der Waals surface area contributed by atoms with Gasteiger partial charge < -0.3 is 15.0 Å². The number of rotatable bonds is 8. The van der Waals surface area contributed by atoms with Crippen molar-refractivity contribution in [3.8, 4) is 0 Å². The minimum atomic E-state index is -0.493. The highest BCUT2D eigenvalue weighted by Crippen LogP contribution is 2.34. The van der Waals surface area contributed by atoms with Crippen molar-refractivity contribution in [1.29, 1.82) is 0 Å². The molecule has 5 heteroatoms. The number of hydrogen-bond acceptors (Lipinski definition) is 5. The summed E-state index contributed by atoms with van der Waals surface area (Å²) < 4.78 is 5.01. The number of esters is 1. The van der Waals surface area contributed by atoms with Crippen LogP contribution >= 0.6 is 0 Å². The van der Waals surface area contributed by atoms with E-state index in [1.165, 1.54) is 7.11 Å². The largest absolute Gasteiger partial charge is 0.468 e. The Morgan fingerprint density at radius 3 is 2.52 bits per heavy atom. The predicted octanol–water partition coefficient (Wildman–Crippen LogP) is 1.19. The van der Waals surface area contributed by atoms with Crippen LogP contribution < -0.4 is 5.32 Å². The van der Waals surface area contributed by atoms with E-state index in [0.29, 0.717) is 12.0 Å². The molecule has 0 spiro atoms. The second-order valence-corrected chi connectivity index (χ2v) is 6.91. The summed E-state index contributed by atoms with van der Waals surface area (Å²) in [6.45, 7) is 7.69. The Kier molecular flexibility index (Phi) is 7.10. The first-order valence-corrected chi connectivity index (χ1v) is 8.00. The Morgan fingerprint density at radius 2 is 2.05 bits per heavy atom. The molecule has 0 radical (unpaired) electrons. The zero-order valence-corrected chi connectivity index (χ0v) is 14.6. The van der Waals surface area contributed by atoms with Crippen LogP contribution in [0.4, 0.5) is 0 Å². The first-order valence-electron chi connectivity index (χ1n) is 8.00. The summed E-state index contributed by atoms with van der Waals surface area (Å²) in [6.07, 6.45) is 2.75. The summed E-state index contributed by atoms with van der Waals surface area (Å²) in [6, 6.07) is 0.457. The molecule has 0 saturated heterocycles. The third-order valence-corrected chi connectivity index (χ3v) is 4.49. The van der Waals surface area contributed by atoms with Crippen LogP contribution in [0.1, 0.15) is 33.1 Å². The second-order valence-electron chi connectivity index (χ2n) is 6.91. The number of carbonyl (C=O) groups is 1. The Labute approximate surface area is 130 Å². The lowest BCUT2D eigenvalue weighted by molar-refractivity contribution is -0.148. The highest BCUT2D eigenvalue weighted by atomic mass is 16.5. The molecule has 124 valence electrons. The van der Waals surface area contributed by atoms with E-state index in [4.69, 9.17) is 4.74 Å². The van der Waals surface area contributed by atoms with Gasteiger partial charge in [-0.25, -0.2) is 0 Å². The van der Waals surface area contributed by atoms with Crippen LogP contribution in [0.25, 0.3) is 0 Å². The average molecular weight is 299 g/mol. The molecule has 1 rings (SSSR count). The van der Waals surface area contributed by atoms with Crippen molar-refractivity contribution in [2.75, 3.05) is 47.9 Å². The van der Waals surface area contributed by atoms with Crippen molar-refractivity contribution in [2.45, 2.75) is 44.7 Å². The number of ether oxygens (including phenoxy) is 1. The summed E-state index contributed by atoms with van der Waals surface area (Å²) >= 11 is 0. The summed E-state index contributed by atoms with van der Waals surface area (Å²) in [7, 11) is 7.56. The van der Waals surface area contributed by atoms with Crippen LogP contribution in [-0.2, 0) is 9.53 Å². The number of nitrogens with zero attached hydrogens (tertiary/aromatic N) is 2. The maximum Gasteiger partial charge on any atom is 0.326 e. The van der Waals surface area contributed by atoms with E-state index in [1.54, 1.807) is 0 Å². The molecule has 1 aliphatic carbocycles. The lowest BCUT2D eigenvalue weighted by Gasteiger charge is -2.33. The molecule has 1 aliphatic rings. The van der Waals surface area contributed by atoms with Gasteiger partial charge in [0.15, 0.2) is 0 Å². The monoisotopic (exact) mass is 299 g/mol. The van der Waals surface area contributed by atoms with Gasteiger partial charge in [-0.3, -0.25) is 9.69 Å². The molecule has 0 heterocycles. The first-order chi connectivity index (χ1) is 9.84. The summed E-state index contributed by atoms with van der Waals surface area (Å²) in [5.41, 5.74) is -0.493. The molecule has 1 fully saturated rings. The molecule has 2 atom stereocenters. The van der Waals surface area contributed by atoms with E-state index in [9.17, 15) is 4.79 Å². The van der Waals surface area contributed by atoms with Gasteiger partial charge in [-0.05, 0) is 46.3 Å². The summed E-state index contributed by atoms with van der Waals surface area (Å²) in [4.78, 5) is 16.9. The van der Waals surface area contributed by atoms with Crippen molar-refractivity contribution in [2.24, 2.45) is 5.92 Å². The number of nitrogens with one attached hydrogen (secondary N) is 1. The Hall–Kier alpha value is -0.650. The van der Waals surface area contributed by atoms with E-state index in [-0.39, 0.29) is 5.97 Å². The lowest BCUT2D eigenvalue weighted by Crippen LogP contribution is -2.51. The van der Waals surface area contributed by atoms with Crippen molar-refractivity contribution in [3.63, 3.8) is 0 Å². The third-order valence-electron chi connectivity index (χ3n) is 4.49. The standard InChI is InChI=1S/C16H33N3O2/c1-13(2)12-19(10-9-18(4)5)14-7-8-16(11-14,17-3)15(20)21-6/h13-14,17H,7-12H2,1-6H3. The van der Waals surface area contributed by atoms with E-state index in [1.807, 2.05) is 7.05 Å². The van der Waals surface area contributed by atoms with Crippen LogP contribution in [0, 0.1) is 5.92 Å². The molecule has 0 bridgehead atoms. The van der Waals surface area contributed by atoms with Gasteiger partial charge in [-0.15, -0.1) is 0 Å². The molecule has 2 unspecified atom stereocenters. The number of hydrogen-bond donors (Lipinski definition) is 1. The van der Waals surface area contributed by atoms with E-state index in [2.05, 4.69) is 43.1 Å². The number of carbonyl (C=O) groups excluding carboxylic acids is 1. The van der Waals surface area contributed by atoms with E-state index < -0.39 is 5.54 Å². The van der Waals surface area contributed by atoms with Crippen LogP contribution in [-0.4, -0.2) is 75.2 Å². The molecule has 0 aromatic carbocycles. The van der Waals surface area contributed by atoms with Gasteiger partial charge in [0.25, 0.3) is 0 Å². The predicted molar refractivity (Wildman–Crippen MR) is 86.4 cm³/mol. The Balaban J connectivity index is 2.73. The van der Waals surface area contributed by atoms with Gasteiger partial charge in [0.2, 0.25) is 0 Å². The molecular formula is C16H33N3O2. The minimum absolute atomic E-state index is 0.121. The molecule has 21 heavy (non-hydrogen) atoms. The molecule has 0 aromatic heterocycles. The van der Waals surface area contributed by atoms with Gasteiger partial charge in [0.1, 0.15) is 5.54 Å². The molecule has 0 amide bonds. The SMILES string of the molecule is CNC1(C(=O)OC)CCC(N(CCN(C)C)CC(C)C)C1. The maximum atomic E-state index is 12.1. The molecular weight excluding hydrogens is 266 g/mol. The summed E-state index contributed by atoms with van der Waals surface area (Å²) in [5, 5.41) is 3.22. The third kappa shape index (κ3) is 4.94. The van der Waals surface area contributed by atoms with Gasteiger partial charge in [-0.2, -0.15) is 0 Å². The number of methoxy groups -OCH3 is 1. The fraction of sp³-hybridized carbons (Fsp3) is 0.938. The molecule has 1 saturated carbocycles. The average Bonchev–Trinajstić information content (AvgIpc) is 2.87. The zero-order valence-electron chi connectivity index (χ0n) is 14.6. The lowest BCUT2D eigenvalue weighted by atomic mass is 9.97.